The fourth-order valence-corrected chi connectivity index (χ4v) is 1.43. The molecule has 94 valence electrons. The molecule has 0 radical (unpaired) electrons. The Morgan fingerprint density at radius 1 is 1.28 bits per heavy atom. The van der Waals surface area contributed by atoms with Gasteiger partial charge in [-0.1, -0.05) is 18.2 Å². The minimum atomic E-state index is -0.279. The van der Waals surface area contributed by atoms with Crippen LogP contribution in [-0.2, 0) is 6.61 Å². The molecule has 0 aliphatic rings. The highest BCUT2D eigenvalue weighted by molar-refractivity contribution is 5.27. The number of benzene rings is 1. The van der Waals surface area contributed by atoms with Crippen molar-refractivity contribution in [3.63, 3.8) is 0 Å². The van der Waals surface area contributed by atoms with Gasteiger partial charge in [-0.25, -0.2) is 9.37 Å². The van der Waals surface area contributed by atoms with Crippen LogP contribution in [0.15, 0.2) is 36.5 Å². The molecule has 0 aliphatic carbocycles. The highest BCUT2D eigenvalue weighted by Gasteiger charge is 2.03. The highest BCUT2D eigenvalue weighted by atomic mass is 19.1. The van der Waals surface area contributed by atoms with E-state index in [-0.39, 0.29) is 12.4 Å². The molecule has 0 unspecified atom stereocenters. The summed E-state index contributed by atoms with van der Waals surface area (Å²) in [6.07, 6.45) is 1.60. The quantitative estimate of drug-likeness (QED) is 0.882. The summed E-state index contributed by atoms with van der Waals surface area (Å²) in [6, 6.07) is 8.14. The molecule has 1 aromatic heterocycles. The smallest absolute Gasteiger partial charge is 0.225 e. The van der Waals surface area contributed by atoms with Crippen LogP contribution < -0.4 is 10.1 Å². The predicted molar refractivity (Wildman–Crippen MR) is 66.9 cm³/mol. The van der Waals surface area contributed by atoms with Crippen LogP contribution >= 0.6 is 0 Å². The molecule has 0 spiro atoms. The molecule has 0 bridgehead atoms. The van der Waals surface area contributed by atoms with Crippen LogP contribution in [0.1, 0.15) is 12.5 Å². The minimum Gasteiger partial charge on any atom is -0.473 e. The van der Waals surface area contributed by atoms with E-state index in [1.165, 1.54) is 6.07 Å². The zero-order valence-corrected chi connectivity index (χ0v) is 10.1. The molecule has 2 rings (SSSR count). The first kappa shape index (κ1) is 12.3. The summed E-state index contributed by atoms with van der Waals surface area (Å²) < 4.78 is 18.8. The molecule has 18 heavy (non-hydrogen) atoms. The number of nitrogens with zero attached hydrogens (tertiary/aromatic N) is 2. The number of halogens is 1. The van der Waals surface area contributed by atoms with Crippen molar-refractivity contribution in [3.8, 4) is 5.88 Å². The largest absolute Gasteiger partial charge is 0.473 e. The summed E-state index contributed by atoms with van der Waals surface area (Å²) in [5.74, 6) is 0.645. The fourth-order valence-electron chi connectivity index (χ4n) is 1.43. The molecular weight excluding hydrogens is 233 g/mol. The summed E-state index contributed by atoms with van der Waals surface area (Å²) in [6.45, 7) is 2.84. The second-order valence-corrected chi connectivity index (χ2v) is 3.63. The average molecular weight is 247 g/mol. The third-order valence-electron chi connectivity index (χ3n) is 2.30. The molecule has 5 heteroatoms. The number of nitrogens with one attached hydrogen (secondary N) is 1. The van der Waals surface area contributed by atoms with Crippen LogP contribution in [0.25, 0.3) is 0 Å². The summed E-state index contributed by atoms with van der Waals surface area (Å²) >= 11 is 0. The molecule has 0 amide bonds. The van der Waals surface area contributed by atoms with E-state index in [1.807, 2.05) is 6.92 Å². The van der Waals surface area contributed by atoms with Crippen molar-refractivity contribution in [1.29, 1.82) is 0 Å². The second kappa shape index (κ2) is 5.95. The van der Waals surface area contributed by atoms with Crippen LogP contribution in [0, 0.1) is 5.82 Å². The standard InChI is InChI=1S/C13H14FN3O/c1-2-15-13-16-8-7-12(17-13)18-9-10-5-3-4-6-11(10)14/h3-8H,2,9H2,1H3,(H,15,16,17). The second-order valence-electron chi connectivity index (χ2n) is 3.63. The van der Waals surface area contributed by atoms with Gasteiger partial charge in [-0.15, -0.1) is 0 Å². The van der Waals surface area contributed by atoms with Crippen LogP contribution in [0.3, 0.4) is 0 Å². The van der Waals surface area contributed by atoms with Crippen molar-refractivity contribution in [1.82, 2.24) is 9.97 Å². The molecule has 4 nitrogen and oxygen atoms in total. The Morgan fingerprint density at radius 2 is 2.11 bits per heavy atom. The maximum Gasteiger partial charge on any atom is 0.225 e. The van der Waals surface area contributed by atoms with E-state index in [1.54, 1.807) is 30.5 Å². The lowest BCUT2D eigenvalue weighted by Crippen LogP contribution is -2.04. The molecule has 0 aliphatic heterocycles. The highest BCUT2D eigenvalue weighted by Crippen LogP contribution is 2.12. The topological polar surface area (TPSA) is 47.0 Å². The normalized spacial score (nSPS) is 10.1. The Bertz CT molecular complexity index is 519. The van der Waals surface area contributed by atoms with Gasteiger partial charge in [-0.05, 0) is 13.0 Å². The number of ether oxygens (including phenoxy) is 1. The molecule has 0 saturated carbocycles. The number of hydrogen-bond acceptors (Lipinski definition) is 4. The first-order chi connectivity index (χ1) is 8.79. The van der Waals surface area contributed by atoms with E-state index in [2.05, 4.69) is 15.3 Å². The summed E-state index contributed by atoms with van der Waals surface area (Å²) in [4.78, 5) is 8.17. The fraction of sp³-hybridized carbons (Fsp3) is 0.231. The maximum absolute atomic E-state index is 13.4. The van der Waals surface area contributed by atoms with Gasteiger partial charge in [-0.3, -0.25) is 0 Å². The lowest BCUT2D eigenvalue weighted by Gasteiger charge is -2.07. The van der Waals surface area contributed by atoms with Gasteiger partial charge >= 0.3 is 0 Å². The third kappa shape index (κ3) is 3.16. The average Bonchev–Trinajstić information content (AvgIpc) is 2.39. The van der Waals surface area contributed by atoms with E-state index in [0.29, 0.717) is 17.4 Å². The first-order valence-electron chi connectivity index (χ1n) is 5.72. The molecule has 2 aromatic rings. The van der Waals surface area contributed by atoms with Gasteiger partial charge in [0.05, 0.1) is 0 Å². The summed E-state index contributed by atoms with van der Waals surface area (Å²) in [7, 11) is 0. The predicted octanol–water partition coefficient (Wildman–Crippen LogP) is 2.63. The van der Waals surface area contributed by atoms with E-state index in [4.69, 9.17) is 4.74 Å². The molecule has 0 atom stereocenters. The Morgan fingerprint density at radius 3 is 2.89 bits per heavy atom. The summed E-state index contributed by atoms with van der Waals surface area (Å²) in [5.41, 5.74) is 0.501. The van der Waals surface area contributed by atoms with E-state index < -0.39 is 0 Å². The monoisotopic (exact) mass is 247 g/mol. The lowest BCUT2D eigenvalue weighted by atomic mass is 10.2. The number of aromatic nitrogens is 2. The minimum absolute atomic E-state index is 0.148. The lowest BCUT2D eigenvalue weighted by molar-refractivity contribution is 0.288. The van der Waals surface area contributed by atoms with E-state index >= 15 is 0 Å². The van der Waals surface area contributed by atoms with Crippen LogP contribution in [0.5, 0.6) is 5.88 Å². The van der Waals surface area contributed by atoms with Gasteiger partial charge in [-0.2, -0.15) is 4.98 Å². The van der Waals surface area contributed by atoms with Gasteiger partial charge in [0.25, 0.3) is 0 Å². The number of hydrogen-bond donors (Lipinski definition) is 1. The van der Waals surface area contributed by atoms with Crippen molar-refractivity contribution in [2.24, 2.45) is 0 Å². The molecular formula is C13H14FN3O. The molecule has 0 fully saturated rings. The van der Waals surface area contributed by atoms with Crippen LogP contribution in [0.2, 0.25) is 0 Å². The Labute approximate surface area is 105 Å². The number of anilines is 1. The van der Waals surface area contributed by atoms with E-state index in [9.17, 15) is 4.39 Å². The van der Waals surface area contributed by atoms with Crippen LogP contribution in [-0.4, -0.2) is 16.5 Å². The summed E-state index contributed by atoms with van der Waals surface area (Å²) in [5, 5.41) is 2.98. The Balaban J connectivity index is 2.02. The van der Waals surface area contributed by atoms with Gasteiger partial charge in [0.15, 0.2) is 0 Å². The Kier molecular flexibility index (Phi) is 4.06. The van der Waals surface area contributed by atoms with Crippen molar-refractivity contribution in [2.75, 3.05) is 11.9 Å². The van der Waals surface area contributed by atoms with Gasteiger partial charge in [0.1, 0.15) is 12.4 Å². The molecule has 1 heterocycles. The maximum atomic E-state index is 13.4. The van der Waals surface area contributed by atoms with Crippen molar-refractivity contribution in [2.45, 2.75) is 13.5 Å². The third-order valence-corrected chi connectivity index (χ3v) is 2.30. The van der Waals surface area contributed by atoms with E-state index in [0.717, 1.165) is 6.54 Å². The molecule has 1 N–H and O–H groups in total. The zero-order valence-electron chi connectivity index (χ0n) is 10.1. The van der Waals surface area contributed by atoms with Crippen molar-refractivity contribution >= 4 is 5.95 Å². The van der Waals surface area contributed by atoms with Crippen LogP contribution in [0.4, 0.5) is 10.3 Å². The number of rotatable bonds is 5. The van der Waals surface area contributed by atoms with Gasteiger partial charge in [0.2, 0.25) is 11.8 Å². The molecule has 1 aromatic carbocycles. The Hall–Kier alpha value is -2.17. The van der Waals surface area contributed by atoms with Crippen molar-refractivity contribution < 1.29 is 9.13 Å². The van der Waals surface area contributed by atoms with Gasteiger partial charge < -0.3 is 10.1 Å². The SMILES string of the molecule is CCNc1nccc(OCc2ccccc2F)n1. The van der Waals surface area contributed by atoms with Crippen molar-refractivity contribution in [3.05, 3.63) is 47.9 Å². The molecule has 0 saturated heterocycles. The van der Waals surface area contributed by atoms with Gasteiger partial charge in [0, 0.05) is 24.4 Å². The zero-order chi connectivity index (χ0) is 12.8. The first-order valence-corrected chi connectivity index (χ1v) is 5.72.